The quantitative estimate of drug-likeness (QED) is 0.860. The van der Waals surface area contributed by atoms with Crippen molar-refractivity contribution in [1.82, 2.24) is 4.90 Å². The Morgan fingerprint density at radius 2 is 1.58 bits per heavy atom. The molecular formula is C22H26N2O2. The number of esters is 1. The second kappa shape index (κ2) is 7.12. The van der Waals surface area contributed by atoms with Crippen LogP contribution < -0.4 is 5.32 Å². The smallest absolute Gasteiger partial charge is 0.331 e. The number of ether oxygens (including phenoxy) is 1. The predicted molar refractivity (Wildman–Crippen MR) is 103 cm³/mol. The highest BCUT2D eigenvalue weighted by Crippen LogP contribution is 2.32. The van der Waals surface area contributed by atoms with Gasteiger partial charge in [0.15, 0.2) is 0 Å². The van der Waals surface area contributed by atoms with Gasteiger partial charge in [0.2, 0.25) is 0 Å². The molecule has 0 spiro atoms. The molecule has 136 valence electrons. The van der Waals surface area contributed by atoms with Gasteiger partial charge in [-0.2, -0.15) is 0 Å². The van der Waals surface area contributed by atoms with Crippen LogP contribution in [0.5, 0.6) is 0 Å². The number of nitrogens with one attached hydrogen (secondary N) is 1. The van der Waals surface area contributed by atoms with Crippen molar-refractivity contribution in [1.29, 1.82) is 0 Å². The molecule has 0 bridgehead atoms. The molecule has 0 radical (unpaired) electrons. The van der Waals surface area contributed by atoms with E-state index in [1.807, 2.05) is 30.3 Å². The Morgan fingerprint density at radius 3 is 2.15 bits per heavy atom. The van der Waals surface area contributed by atoms with Crippen LogP contribution in [0.3, 0.4) is 0 Å². The van der Waals surface area contributed by atoms with E-state index in [0.717, 1.165) is 44.5 Å². The summed E-state index contributed by atoms with van der Waals surface area (Å²) in [6.07, 6.45) is 3.77. The van der Waals surface area contributed by atoms with Gasteiger partial charge in [0, 0.05) is 24.8 Å². The molecule has 0 amide bonds. The molecular weight excluding hydrogens is 324 g/mol. The fraction of sp³-hybridized carbons (Fsp3) is 0.409. The summed E-state index contributed by atoms with van der Waals surface area (Å²) in [6, 6.07) is 19.3. The van der Waals surface area contributed by atoms with Gasteiger partial charge in [-0.25, -0.2) is 4.79 Å². The molecule has 0 unspecified atom stereocenters. The average molecular weight is 350 g/mol. The number of fused-ring (bicyclic) bond motifs is 1. The number of rotatable bonds is 4. The maximum absolute atomic E-state index is 12.6. The Balaban J connectivity index is 1.45. The molecule has 2 aromatic carbocycles. The van der Waals surface area contributed by atoms with Crippen LogP contribution in [-0.2, 0) is 22.4 Å². The van der Waals surface area contributed by atoms with Gasteiger partial charge >= 0.3 is 5.97 Å². The zero-order valence-corrected chi connectivity index (χ0v) is 15.3. The average Bonchev–Trinajstić information content (AvgIpc) is 3.13. The van der Waals surface area contributed by atoms with E-state index >= 15 is 0 Å². The van der Waals surface area contributed by atoms with Gasteiger partial charge in [0.05, 0.1) is 7.11 Å². The Kier molecular flexibility index (Phi) is 4.68. The number of para-hydroxylation sites is 1. The van der Waals surface area contributed by atoms with E-state index in [2.05, 4.69) is 34.5 Å². The summed E-state index contributed by atoms with van der Waals surface area (Å²) in [5.41, 5.74) is 3.30. The molecule has 0 saturated carbocycles. The van der Waals surface area contributed by atoms with Crippen molar-refractivity contribution in [3.8, 4) is 0 Å². The van der Waals surface area contributed by atoms with Crippen LogP contribution >= 0.6 is 0 Å². The Bertz CT molecular complexity index is 742. The first-order valence-corrected chi connectivity index (χ1v) is 9.43. The molecule has 0 atom stereocenters. The lowest BCUT2D eigenvalue weighted by Crippen LogP contribution is -2.56. The molecule has 1 saturated heterocycles. The highest BCUT2D eigenvalue weighted by Gasteiger charge is 2.44. The number of likely N-dealkylation sites (tertiary alicyclic amines) is 1. The lowest BCUT2D eigenvalue weighted by molar-refractivity contribution is -0.148. The highest BCUT2D eigenvalue weighted by molar-refractivity contribution is 5.84. The molecule has 2 aliphatic rings. The largest absolute Gasteiger partial charge is 0.467 e. The molecule has 0 aromatic heterocycles. The van der Waals surface area contributed by atoms with Gasteiger partial charge in [-0.1, -0.05) is 42.5 Å². The Hall–Kier alpha value is -2.33. The topological polar surface area (TPSA) is 41.6 Å². The van der Waals surface area contributed by atoms with Crippen LogP contribution in [0.1, 0.15) is 24.0 Å². The van der Waals surface area contributed by atoms with Gasteiger partial charge in [0.25, 0.3) is 0 Å². The van der Waals surface area contributed by atoms with Crippen LogP contribution in [0, 0.1) is 0 Å². The molecule has 1 heterocycles. The van der Waals surface area contributed by atoms with E-state index in [9.17, 15) is 4.79 Å². The summed E-state index contributed by atoms with van der Waals surface area (Å²) in [7, 11) is 1.48. The number of hydrogen-bond donors (Lipinski definition) is 1. The second-order valence-electron chi connectivity index (χ2n) is 7.43. The number of benzene rings is 2. The van der Waals surface area contributed by atoms with Crippen LogP contribution in [0.15, 0.2) is 54.6 Å². The predicted octanol–water partition coefficient (Wildman–Crippen LogP) is 3.27. The fourth-order valence-corrected chi connectivity index (χ4v) is 4.44. The summed E-state index contributed by atoms with van der Waals surface area (Å²) >= 11 is 0. The van der Waals surface area contributed by atoms with E-state index in [-0.39, 0.29) is 5.97 Å². The molecule has 4 nitrogen and oxygen atoms in total. The first-order valence-electron chi connectivity index (χ1n) is 9.43. The van der Waals surface area contributed by atoms with Gasteiger partial charge in [-0.3, -0.25) is 4.90 Å². The number of piperidine rings is 1. The van der Waals surface area contributed by atoms with Crippen molar-refractivity contribution in [2.45, 2.75) is 37.3 Å². The Labute approximate surface area is 155 Å². The standard InChI is InChI=1S/C22H26N2O2/c1-26-21(25)22(23-19-9-3-2-4-10-19)11-13-24(14-12-22)20-15-17-7-5-6-8-18(17)16-20/h2-10,20,23H,11-16H2,1H3. The fourth-order valence-electron chi connectivity index (χ4n) is 4.44. The molecule has 26 heavy (non-hydrogen) atoms. The molecule has 2 aromatic rings. The third-order valence-corrected chi connectivity index (χ3v) is 5.93. The minimum Gasteiger partial charge on any atom is -0.467 e. The number of methoxy groups -OCH3 is 1. The third-order valence-electron chi connectivity index (χ3n) is 5.93. The number of anilines is 1. The summed E-state index contributed by atoms with van der Waals surface area (Å²) in [5.74, 6) is -0.157. The van der Waals surface area contributed by atoms with E-state index in [1.54, 1.807) is 0 Å². The van der Waals surface area contributed by atoms with E-state index in [4.69, 9.17) is 4.74 Å². The van der Waals surface area contributed by atoms with Gasteiger partial charge in [-0.15, -0.1) is 0 Å². The minimum atomic E-state index is -0.627. The normalized spacial score (nSPS) is 19.7. The number of nitrogens with zero attached hydrogens (tertiary/aromatic N) is 1. The molecule has 1 fully saturated rings. The van der Waals surface area contributed by atoms with Crippen molar-refractivity contribution >= 4 is 11.7 Å². The maximum atomic E-state index is 12.6. The second-order valence-corrected chi connectivity index (χ2v) is 7.43. The maximum Gasteiger partial charge on any atom is 0.331 e. The van der Waals surface area contributed by atoms with E-state index in [0.29, 0.717) is 6.04 Å². The number of carbonyl (C=O) groups excluding carboxylic acids is 1. The van der Waals surface area contributed by atoms with Gasteiger partial charge < -0.3 is 10.1 Å². The molecule has 1 aliphatic heterocycles. The molecule has 1 aliphatic carbocycles. The monoisotopic (exact) mass is 350 g/mol. The number of carbonyl (C=O) groups is 1. The summed E-state index contributed by atoms with van der Waals surface area (Å²) in [6.45, 7) is 1.82. The van der Waals surface area contributed by atoms with Crippen LogP contribution in [0.4, 0.5) is 5.69 Å². The van der Waals surface area contributed by atoms with Crippen molar-refractivity contribution in [2.24, 2.45) is 0 Å². The summed E-state index contributed by atoms with van der Waals surface area (Å²) in [4.78, 5) is 15.1. The molecule has 4 heteroatoms. The van der Waals surface area contributed by atoms with E-state index in [1.165, 1.54) is 18.2 Å². The third kappa shape index (κ3) is 3.21. The van der Waals surface area contributed by atoms with Crippen molar-refractivity contribution < 1.29 is 9.53 Å². The summed E-state index contributed by atoms with van der Waals surface area (Å²) in [5, 5.41) is 3.47. The minimum absolute atomic E-state index is 0.157. The first-order chi connectivity index (χ1) is 12.7. The van der Waals surface area contributed by atoms with Crippen LogP contribution in [-0.4, -0.2) is 42.6 Å². The van der Waals surface area contributed by atoms with Gasteiger partial charge in [0.1, 0.15) is 5.54 Å². The molecule has 1 N–H and O–H groups in total. The van der Waals surface area contributed by atoms with Crippen molar-refractivity contribution in [3.63, 3.8) is 0 Å². The summed E-state index contributed by atoms with van der Waals surface area (Å²) < 4.78 is 5.16. The Morgan fingerprint density at radius 1 is 1.00 bits per heavy atom. The van der Waals surface area contributed by atoms with Crippen LogP contribution in [0.2, 0.25) is 0 Å². The SMILES string of the molecule is COC(=O)C1(Nc2ccccc2)CCN(C2Cc3ccccc3C2)CC1. The van der Waals surface area contributed by atoms with Crippen LogP contribution in [0.25, 0.3) is 0 Å². The lowest BCUT2D eigenvalue weighted by atomic mass is 9.86. The first kappa shape index (κ1) is 17.1. The van der Waals surface area contributed by atoms with Crippen molar-refractivity contribution in [2.75, 3.05) is 25.5 Å². The zero-order valence-electron chi connectivity index (χ0n) is 15.3. The highest BCUT2D eigenvalue weighted by atomic mass is 16.5. The lowest BCUT2D eigenvalue weighted by Gasteiger charge is -2.42. The molecule has 4 rings (SSSR count). The van der Waals surface area contributed by atoms with Crippen molar-refractivity contribution in [3.05, 3.63) is 65.7 Å². The number of hydrogen-bond acceptors (Lipinski definition) is 4. The zero-order chi connectivity index (χ0) is 18.0. The van der Waals surface area contributed by atoms with Gasteiger partial charge in [-0.05, 0) is 48.9 Å². The van der Waals surface area contributed by atoms with E-state index < -0.39 is 5.54 Å².